The van der Waals surface area contributed by atoms with Gasteiger partial charge in [-0.1, -0.05) is 5.16 Å². The zero-order valence-corrected chi connectivity index (χ0v) is 14.1. The fourth-order valence-electron chi connectivity index (χ4n) is 1.73. The average molecular weight is 349 g/mol. The Morgan fingerprint density at radius 2 is 2.08 bits per heavy atom. The molecule has 2 aromatic rings. The van der Waals surface area contributed by atoms with Crippen molar-refractivity contribution >= 4 is 12.0 Å². The van der Waals surface area contributed by atoms with Gasteiger partial charge in [-0.3, -0.25) is 9.59 Å². The number of carbonyl (C=O) groups excluding carboxylic acids is 2. The minimum Gasteiger partial charge on any atom is -0.444 e. The summed E-state index contributed by atoms with van der Waals surface area (Å²) in [5.41, 5.74) is -0.429. The summed E-state index contributed by atoms with van der Waals surface area (Å²) < 4.78 is 10.0. The molecule has 134 valence electrons. The number of carbonyl (C=O) groups is 2. The maximum atomic E-state index is 11.7. The highest BCUT2D eigenvalue weighted by Crippen LogP contribution is 2.12. The van der Waals surface area contributed by atoms with Crippen LogP contribution in [0.15, 0.2) is 27.6 Å². The molecule has 0 aliphatic carbocycles. The number of nitrogens with zero attached hydrogens (tertiary/aromatic N) is 2. The number of pyridine rings is 1. The third-order valence-electron chi connectivity index (χ3n) is 2.73. The summed E-state index contributed by atoms with van der Waals surface area (Å²) in [7, 11) is 0. The molecular formula is C15H19N5O5. The van der Waals surface area contributed by atoms with E-state index in [2.05, 4.69) is 25.8 Å². The number of ether oxygens (including phenoxy) is 1. The fraction of sp³-hybridized carbons (Fsp3) is 0.400. The van der Waals surface area contributed by atoms with Crippen molar-refractivity contribution in [2.45, 2.75) is 32.9 Å². The highest BCUT2D eigenvalue weighted by molar-refractivity contribution is 5.82. The maximum Gasteiger partial charge on any atom is 0.408 e. The van der Waals surface area contributed by atoms with E-state index in [1.807, 2.05) is 0 Å². The number of alkyl carbamates (subject to hydrolysis) is 1. The predicted octanol–water partition coefficient (Wildman–Crippen LogP) is 0.566. The van der Waals surface area contributed by atoms with Gasteiger partial charge >= 0.3 is 6.09 Å². The van der Waals surface area contributed by atoms with Crippen molar-refractivity contribution in [1.82, 2.24) is 25.8 Å². The van der Waals surface area contributed by atoms with E-state index in [1.54, 1.807) is 26.8 Å². The van der Waals surface area contributed by atoms with Gasteiger partial charge in [0.15, 0.2) is 0 Å². The Labute approximate surface area is 143 Å². The average Bonchev–Trinajstić information content (AvgIpc) is 2.98. The van der Waals surface area contributed by atoms with Crippen LogP contribution in [0.3, 0.4) is 0 Å². The molecule has 0 bridgehead atoms. The lowest BCUT2D eigenvalue weighted by Gasteiger charge is -2.19. The van der Waals surface area contributed by atoms with Gasteiger partial charge in [-0.25, -0.2) is 4.79 Å². The molecule has 2 rings (SSSR count). The molecule has 0 aliphatic heterocycles. The molecule has 0 saturated carbocycles. The minimum absolute atomic E-state index is 0.00891. The van der Waals surface area contributed by atoms with Gasteiger partial charge in [-0.05, 0) is 26.8 Å². The number of hydrogen-bond donors (Lipinski definition) is 3. The lowest BCUT2D eigenvalue weighted by molar-refractivity contribution is -0.120. The summed E-state index contributed by atoms with van der Waals surface area (Å²) in [5, 5.41) is 8.59. The van der Waals surface area contributed by atoms with Gasteiger partial charge in [-0.2, -0.15) is 4.98 Å². The first-order chi connectivity index (χ1) is 11.7. The van der Waals surface area contributed by atoms with Crippen LogP contribution in [-0.2, 0) is 16.1 Å². The normalized spacial score (nSPS) is 11.0. The summed E-state index contributed by atoms with van der Waals surface area (Å²) in [4.78, 5) is 41.0. The van der Waals surface area contributed by atoms with Gasteiger partial charge in [0.25, 0.3) is 0 Å². The van der Waals surface area contributed by atoms with Crippen molar-refractivity contribution in [3.63, 3.8) is 0 Å². The lowest BCUT2D eigenvalue weighted by atomic mass is 10.2. The number of H-pyrrole nitrogens is 1. The van der Waals surface area contributed by atoms with E-state index >= 15 is 0 Å². The Morgan fingerprint density at radius 3 is 2.76 bits per heavy atom. The molecule has 25 heavy (non-hydrogen) atoms. The number of aromatic nitrogens is 3. The number of nitrogens with one attached hydrogen (secondary N) is 3. The van der Waals surface area contributed by atoms with Crippen LogP contribution >= 0.6 is 0 Å². The molecule has 10 nitrogen and oxygen atoms in total. The molecule has 10 heteroatoms. The van der Waals surface area contributed by atoms with E-state index in [-0.39, 0.29) is 30.4 Å². The van der Waals surface area contributed by atoms with Crippen LogP contribution in [0.1, 0.15) is 26.7 Å². The zero-order valence-electron chi connectivity index (χ0n) is 14.1. The number of rotatable bonds is 5. The quantitative estimate of drug-likeness (QED) is 0.717. The summed E-state index contributed by atoms with van der Waals surface area (Å²) in [5.74, 6) is -0.0371. The SMILES string of the molecule is CC(C)(C)OC(=O)NCC(=O)NCc1nc(-c2cc[nH]c(=O)c2)no1. The second-order valence-corrected chi connectivity index (χ2v) is 6.09. The molecule has 0 spiro atoms. The van der Waals surface area contributed by atoms with E-state index < -0.39 is 17.6 Å². The predicted molar refractivity (Wildman–Crippen MR) is 86.4 cm³/mol. The van der Waals surface area contributed by atoms with E-state index in [0.717, 1.165) is 0 Å². The Morgan fingerprint density at radius 1 is 1.32 bits per heavy atom. The molecule has 0 unspecified atom stereocenters. The van der Waals surface area contributed by atoms with Crippen LogP contribution in [-0.4, -0.2) is 39.3 Å². The van der Waals surface area contributed by atoms with Gasteiger partial charge in [0.05, 0.1) is 6.54 Å². The van der Waals surface area contributed by atoms with Crippen molar-refractivity contribution in [2.75, 3.05) is 6.54 Å². The monoisotopic (exact) mass is 349 g/mol. The van der Waals surface area contributed by atoms with E-state index in [4.69, 9.17) is 9.26 Å². The van der Waals surface area contributed by atoms with Gasteiger partial charge in [0.2, 0.25) is 23.2 Å². The van der Waals surface area contributed by atoms with Crippen LogP contribution in [0.4, 0.5) is 4.79 Å². The molecule has 0 aromatic carbocycles. The standard InChI is InChI=1S/C15H19N5O5/c1-15(2,3)24-14(23)18-7-11(22)17-8-12-19-13(20-25-12)9-4-5-16-10(21)6-9/h4-6H,7-8H2,1-3H3,(H,16,21)(H,17,22)(H,18,23). The number of aromatic amines is 1. The Hall–Kier alpha value is -3.17. The van der Waals surface area contributed by atoms with Crippen molar-refractivity contribution in [3.05, 3.63) is 34.6 Å². The van der Waals surface area contributed by atoms with Crippen molar-refractivity contribution in [2.24, 2.45) is 0 Å². The lowest BCUT2D eigenvalue weighted by Crippen LogP contribution is -2.39. The van der Waals surface area contributed by atoms with Crippen LogP contribution < -0.4 is 16.2 Å². The van der Waals surface area contributed by atoms with E-state index in [1.165, 1.54) is 12.3 Å². The topological polar surface area (TPSA) is 139 Å². The minimum atomic E-state index is -0.683. The Kier molecular flexibility index (Phi) is 5.52. The van der Waals surface area contributed by atoms with Gasteiger partial charge in [0, 0.05) is 17.8 Å². The maximum absolute atomic E-state index is 11.7. The first kappa shape index (κ1) is 18.2. The summed E-state index contributed by atoms with van der Waals surface area (Å²) in [6.45, 7) is 4.91. The molecule has 0 atom stereocenters. The van der Waals surface area contributed by atoms with Gasteiger partial charge < -0.3 is 24.9 Å². The third-order valence-corrected chi connectivity index (χ3v) is 2.73. The molecule has 0 saturated heterocycles. The molecular weight excluding hydrogens is 330 g/mol. The molecule has 0 radical (unpaired) electrons. The highest BCUT2D eigenvalue weighted by Gasteiger charge is 2.17. The zero-order chi connectivity index (χ0) is 18.4. The second kappa shape index (κ2) is 7.60. The molecule has 0 aliphatic rings. The van der Waals surface area contributed by atoms with Crippen LogP contribution in [0.5, 0.6) is 0 Å². The van der Waals surface area contributed by atoms with Crippen LogP contribution in [0.2, 0.25) is 0 Å². The summed E-state index contributed by atoms with van der Waals surface area (Å²) in [6, 6.07) is 2.96. The van der Waals surface area contributed by atoms with E-state index in [0.29, 0.717) is 5.56 Å². The van der Waals surface area contributed by atoms with E-state index in [9.17, 15) is 14.4 Å². The van der Waals surface area contributed by atoms with Crippen LogP contribution in [0.25, 0.3) is 11.4 Å². The number of hydrogen-bond acceptors (Lipinski definition) is 7. The molecule has 2 heterocycles. The second-order valence-electron chi connectivity index (χ2n) is 6.09. The van der Waals surface area contributed by atoms with Gasteiger partial charge in [0.1, 0.15) is 12.1 Å². The molecule has 2 aromatic heterocycles. The summed E-state index contributed by atoms with van der Waals surface area (Å²) in [6.07, 6.45) is 0.787. The largest absolute Gasteiger partial charge is 0.444 e. The Bertz CT molecular complexity index is 805. The van der Waals surface area contributed by atoms with Crippen LogP contribution in [0, 0.1) is 0 Å². The first-order valence-electron chi connectivity index (χ1n) is 7.48. The highest BCUT2D eigenvalue weighted by atomic mass is 16.6. The number of amides is 2. The fourth-order valence-corrected chi connectivity index (χ4v) is 1.73. The van der Waals surface area contributed by atoms with Crippen molar-refractivity contribution < 1.29 is 18.8 Å². The van der Waals surface area contributed by atoms with Gasteiger partial charge in [-0.15, -0.1) is 0 Å². The molecule has 2 amide bonds. The third kappa shape index (κ3) is 6.09. The smallest absolute Gasteiger partial charge is 0.408 e. The first-order valence-corrected chi connectivity index (χ1v) is 7.48. The van der Waals surface area contributed by atoms with Crippen molar-refractivity contribution in [1.29, 1.82) is 0 Å². The van der Waals surface area contributed by atoms with Crippen molar-refractivity contribution in [3.8, 4) is 11.4 Å². The molecule has 0 fully saturated rings. The molecule has 3 N–H and O–H groups in total. The summed E-state index contributed by atoms with van der Waals surface area (Å²) >= 11 is 0. The Balaban J connectivity index is 1.81.